The summed E-state index contributed by atoms with van der Waals surface area (Å²) in [5.74, 6) is 0.672. The van der Waals surface area contributed by atoms with E-state index in [1.54, 1.807) is 0 Å². The number of ether oxygens (including phenoxy) is 1. The van der Waals surface area contributed by atoms with Gasteiger partial charge in [-0.1, -0.05) is 36.8 Å². The highest BCUT2D eigenvalue weighted by Gasteiger charge is 2.21. The molecule has 2 nitrogen and oxygen atoms in total. The van der Waals surface area contributed by atoms with Crippen molar-refractivity contribution in [3.8, 4) is 0 Å². The highest BCUT2D eigenvalue weighted by atomic mass is 16.5. The predicted molar refractivity (Wildman–Crippen MR) is 66.4 cm³/mol. The molecule has 2 rings (SSSR count). The maximum Gasteiger partial charge on any atom is 0.0729 e. The molecule has 2 atom stereocenters. The second-order valence-corrected chi connectivity index (χ2v) is 4.81. The second-order valence-electron chi connectivity index (χ2n) is 4.81. The lowest BCUT2D eigenvalue weighted by Gasteiger charge is -2.29. The van der Waals surface area contributed by atoms with Gasteiger partial charge < -0.3 is 10.1 Å². The fourth-order valence-electron chi connectivity index (χ4n) is 2.19. The zero-order valence-electron chi connectivity index (χ0n) is 10.2. The van der Waals surface area contributed by atoms with Crippen molar-refractivity contribution in [2.45, 2.75) is 33.0 Å². The van der Waals surface area contributed by atoms with Crippen molar-refractivity contribution < 1.29 is 4.74 Å². The molecule has 0 aromatic heterocycles. The van der Waals surface area contributed by atoms with Crippen LogP contribution in [-0.2, 0) is 11.3 Å². The van der Waals surface area contributed by atoms with E-state index in [0.29, 0.717) is 12.0 Å². The Labute approximate surface area is 98.0 Å². The van der Waals surface area contributed by atoms with Gasteiger partial charge in [-0.25, -0.2) is 0 Å². The first kappa shape index (κ1) is 11.6. The van der Waals surface area contributed by atoms with Gasteiger partial charge in [-0.2, -0.15) is 0 Å². The Morgan fingerprint density at radius 1 is 1.44 bits per heavy atom. The zero-order valence-corrected chi connectivity index (χ0v) is 10.2. The minimum Gasteiger partial charge on any atom is -0.372 e. The summed E-state index contributed by atoms with van der Waals surface area (Å²) < 4.78 is 5.97. The number of aryl methyl sites for hydroxylation is 1. The average Bonchev–Trinajstić information content (AvgIpc) is 2.28. The van der Waals surface area contributed by atoms with E-state index in [1.807, 2.05) is 0 Å². The standard InChI is InChI=1S/C14H21NO/c1-11-4-3-5-13(8-11)10-16-14-9-15-7-6-12(14)2/h3-5,8,12,14-15H,6-7,9-10H2,1-2H3. The van der Waals surface area contributed by atoms with Crippen molar-refractivity contribution >= 4 is 0 Å². The van der Waals surface area contributed by atoms with Crippen LogP contribution in [0.25, 0.3) is 0 Å². The third-order valence-corrected chi connectivity index (χ3v) is 3.30. The molecule has 1 fully saturated rings. The van der Waals surface area contributed by atoms with Crippen LogP contribution in [0.1, 0.15) is 24.5 Å². The molecule has 1 saturated heterocycles. The maximum absolute atomic E-state index is 5.97. The Morgan fingerprint density at radius 3 is 3.06 bits per heavy atom. The summed E-state index contributed by atoms with van der Waals surface area (Å²) >= 11 is 0. The highest BCUT2D eigenvalue weighted by Crippen LogP contribution is 2.16. The third-order valence-electron chi connectivity index (χ3n) is 3.30. The van der Waals surface area contributed by atoms with Crippen LogP contribution >= 0.6 is 0 Å². The molecule has 1 aromatic carbocycles. The Morgan fingerprint density at radius 2 is 2.31 bits per heavy atom. The number of piperidine rings is 1. The summed E-state index contributed by atoms with van der Waals surface area (Å²) in [5, 5.41) is 3.39. The van der Waals surface area contributed by atoms with Crippen LogP contribution in [0.2, 0.25) is 0 Å². The van der Waals surface area contributed by atoms with Crippen LogP contribution < -0.4 is 5.32 Å². The largest absolute Gasteiger partial charge is 0.372 e. The van der Waals surface area contributed by atoms with E-state index in [4.69, 9.17) is 4.74 Å². The summed E-state index contributed by atoms with van der Waals surface area (Å²) in [6.45, 7) is 7.26. The van der Waals surface area contributed by atoms with E-state index in [1.165, 1.54) is 17.5 Å². The first-order valence-electron chi connectivity index (χ1n) is 6.13. The molecular weight excluding hydrogens is 198 g/mol. The topological polar surface area (TPSA) is 21.3 Å². The Kier molecular flexibility index (Phi) is 3.97. The molecular formula is C14H21NO. The Hall–Kier alpha value is -0.860. The molecule has 88 valence electrons. The van der Waals surface area contributed by atoms with E-state index >= 15 is 0 Å². The summed E-state index contributed by atoms with van der Waals surface area (Å²) in [7, 11) is 0. The Bertz CT molecular complexity index is 337. The molecule has 2 unspecified atom stereocenters. The molecule has 0 spiro atoms. The number of nitrogens with one attached hydrogen (secondary N) is 1. The maximum atomic E-state index is 5.97. The van der Waals surface area contributed by atoms with Crippen LogP contribution in [0, 0.1) is 12.8 Å². The lowest BCUT2D eigenvalue weighted by Crippen LogP contribution is -2.40. The molecule has 0 aliphatic carbocycles. The minimum atomic E-state index is 0.370. The van der Waals surface area contributed by atoms with Gasteiger partial charge in [0.25, 0.3) is 0 Å². The third kappa shape index (κ3) is 3.06. The molecule has 0 amide bonds. The number of hydrogen-bond donors (Lipinski definition) is 1. The average molecular weight is 219 g/mol. The first-order chi connectivity index (χ1) is 7.75. The molecule has 1 aliphatic rings. The van der Waals surface area contributed by atoms with E-state index in [0.717, 1.165) is 19.7 Å². The molecule has 16 heavy (non-hydrogen) atoms. The molecule has 1 aliphatic heterocycles. The van der Waals surface area contributed by atoms with Gasteiger partial charge in [0.05, 0.1) is 12.7 Å². The summed E-state index contributed by atoms with van der Waals surface area (Å²) in [6, 6.07) is 8.54. The van der Waals surface area contributed by atoms with Gasteiger partial charge in [-0.05, 0) is 31.4 Å². The van der Waals surface area contributed by atoms with Crippen molar-refractivity contribution in [1.29, 1.82) is 0 Å². The lowest BCUT2D eigenvalue weighted by molar-refractivity contribution is -0.00659. The van der Waals surface area contributed by atoms with Crippen molar-refractivity contribution in [2.24, 2.45) is 5.92 Å². The predicted octanol–water partition coefficient (Wildman–Crippen LogP) is 2.51. The molecule has 2 heteroatoms. The normalized spacial score (nSPS) is 25.6. The van der Waals surface area contributed by atoms with Gasteiger partial charge in [-0.15, -0.1) is 0 Å². The van der Waals surface area contributed by atoms with Crippen LogP contribution in [0.15, 0.2) is 24.3 Å². The monoisotopic (exact) mass is 219 g/mol. The second kappa shape index (κ2) is 5.46. The highest BCUT2D eigenvalue weighted by molar-refractivity contribution is 5.21. The number of benzene rings is 1. The molecule has 0 bridgehead atoms. The van der Waals surface area contributed by atoms with Crippen molar-refractivity contribution in [3.05, 3.63) is 35.4 Å². The van der Waals surface area contributed by atoms with Crippen molar-refractivity contribution in [2.75, 3.05) is 13.1 Å². The molecule has 1 N–H and O–H groups in total. The van der Waals surface area contributed by atoms with Gasteiger partial charge >= 0.3 is 0 Å². The van der Waals surface area contributed by atoms with Gasteiger partial charge in [-0.3, -0.25) is 0 Å². The fourth-order valence-corrected chi connectivity index (χ4v) is 2.19. The SMILES string of the molecule is Cc1cccc(COC2CNCCC2C)c1. The van der Waals surface area contributed by atoms with E-state index in [2.05, 4.69) is 43.4 Å². The summed E-state index contributed by atoms with van der Waals surface area (Å²) in [4.78, 5) is 0. The zero-order chi connectivity index (χ0) is 11.4. The van der Waals surface area contributed by atoms with Gasteiger partial charge in [0.1, 0.15) is 0 Å². The molecule has 1 aromatic rings. The van der Waals surface area contributed by atoms with Gasteiger partial charge in [0.15, 0.2) is 0 Å². The first-order valence-corrected chi connectivity index (χ1v) is 6.13. The van der Waals surface area contributed by atoms with Gasteiger partial charge in [0, 0.05) is 6.54 Å². The van der Waals surface area contributed by atoms with Gasteiger partial charge in [0.2, 0.25) is 0 Å². The van der Waals surface area contributed by atoms with Crippen LogP contribution in [0.5, 0.6) is 0 Å². The van der Waals surface area contributed by atoms with Crippen LogP contribution in [0.3, 0.4) is 0 Å². The minimum absolute atomic E-state index is 0.370. The number of rotatable bonds is 3. The Balaban J connectivity index is 1.86. The van der Waals surface area contributed by atoms with E-state index in [-0.39, 0.29) is 0 Å². The summed E-state index contributed by atoms with van der Waals surface area (Å²) in [6.07, 6.45) is 1.59. The number of hydrogen-bond acceptors (Lipinski definition) is 2. The molecule has 0 saturated carbocycles. The van der Waals surface area contributed by atoms with Crippen LogP contribution in [-0.4, -0.2) is 19.2 Å². The smallest absolute Gasteiger partial charge is 0.0729 e. The summed E-state index contributed by atoms with van der Waals surface area (Å²) in [5.41, 5.74) is 2.58. The molecule has 1 heterocycles. The van der Waals surface area contributed by atoms with Crippen LogP contribution in [0.4, 0.5) is 0 Å². The van der Waals surface area contributed by atoms with E-state index < -0.39 is 0 Å². The quantitative estimate of drug-likeness (QED) is 0.843. The van der Waals surface area contributed by atoms with E-state index in [9.17, 15) is 0 Å². The lowest BCUT2D eigenvalue weighted by atomic mass is 9.97. The van der Waals surface area contributed by atoms with Crippen molar-refractivity contribution in [3.63, 3.8) is 0 Å². The molecule has 0 radical (unpaired) electrons. The fraction of sp³-hybridized carbons (Fsp3) is 0.571. The van der Waals surface area contributed by atoms with Crippen molar-refractivity contribution in [1.82, 2.24) is 5.32 Å².